The number of amides is 2. The predicted molar refractivity (Wildman–Crippen MR) is 70.5 cm³/mol. The first kappa shape index (κ1) is 16.2. The summed E-state index contributed by atoms with van der Waals surface area (Å²) in [4.78, 5) is 37.2. The van der Waals surface area contributed by atoms with E-state index < -0.39 is 30.4 Å². The number of hydrogen-bond acceptors (Lipinski definition) is 4. The van der Waals surface area contributed by atoms with Gasteiger partial charge in [0, 0.05) is 25.7 Å². The Bertz CT molecular complexity index is 387. The Kier molecular flexibility index (Phi) is 5.75. The molecule has 1 unspecified atom stereocenters. The minimum Gasteiger partial charge on any atom is -0.481 e. The van der Waals surface area contributed by atoms with E-state index in [-0.39, 0.29) is 6.04 Å². The van der Waals surface area contributed by atoms with Gasteiger partial charge in [-0.2, -0.15) is 0 Å². The maximum absolute atomic E-state index is 12.0. The number of likely N-dealkylation sites (N-methyl/N-ethyl adjacent to an activating group) is 1. The second-order valence-electron chi connectivity index (χ2n) is 4.86. The molecule has 0 saturated carbocycles. The topological polar surface area (TPSA) is 110 Å². The lowest BCUT2D eigenvalue weighted by molar-refractivity contribution is -0.145. The van der Waals surface area contributed by atoms with Gasteiger partial charge in [-0.05, 0) is 13.5 Å². The molecule has 0 aromatic heterocycles. The quantitative estimate of drug-likeness (QED) is 0.637. The van der Waals surface area contributed by atoms with Crippen LogP contribution in [0.15, 0.2) is 0 Å². The maximum Gasteiger partial charge on any atom is 0.326 e. The van der Waals surface area contributed by atoms with Gasteiger partial charge < -0.3 is 20.4 Å². The lowest BCUT2D eigenvalue weighted by Crippen LogP contribution is -2.57. The molecular weight excluding hydrogens is 266 g/mol. The maximum atomic E-state index is 12.0. The van der Waals surface area contributed by atoms with Crippen molar-refractivity contribution < 1.29 is 24.6 Å². The normalized spacial score (nSPS) is 21.3. The standard InChI is InChI=1S/C12H21N3O5/c1-3-14-4-5-15(7-8(14)2)12(20)13-9(11(18)19)6-10(16)17/h8-9H,3-7H2,1-2H3,(H,13,20)(H,16,17)(H,18,19)/t8?,9-/m0/s1. The molecule has 1 heterocycles. The molecule has 20 heavy (non-hydrogen) atoms. The van der Waals surface area contributed by atoms with Crippen LogP contribution in [-0.4, -0.2) is 76.2 Å². The van der Waals surface area contributed by atoms with Crippen LogP contribution in [0.2, 0.25) is 0 Å². The number of nitrogens with one attached hydrogen (secondary N) is 1. The van der Waals surface area contributed by atoms with E-state index in [2.05, 4.69) is 10.2 Å². The molecule has 8 heteroatoms. The van der Waals surface area contributed by atoms with Crippen LogP contribution < -0.4 is 5.32 Å². The van der Waals surface area contributed by atoms with Crippen molar-refractivity contribution in [3.8, 4) is 0 Å². The minimum absolute atomic E-state index is 0.197. The van der Waals surface area contributed by atoms with Crippen LogP contribution >= 0.6 is 0 Å². The Labute approximate surface area is 117 Å². The molecule has 2 amide bonds. The van der Waals surface area contributed by atoms with Crippen molar-refractivity contribution in [2.75, 3.05) is 26.2 Å². The van der Waals surface area contributed by atoms with Crippen LogP contribution in [0, 0.1) is 0 Å². The molecule has 1 aliphatic rings. The summed E-state index contributed by atoms with van der Waals surface area (Å²) in [5.74, 6) is -2.61. The number of carboxylic acid groups (broad SMARTS) is 2. The number of rotatable bonds is 5. The van der Waals surface area contributed by atoms with E-state index >= 15 is 0 Å². The lowest BCUT2D eigenvalue weighted by atomic mass is 10.2. The second-order valence-corrected chi connectivity index (χ2v) is 4.86. The highest BCUT2D eigenvalue weighted by atomic mass is 16.4. The number of aliphatic carboxylic acids is 2. The number of urea groups is 1. The van der Waals surface area contributed by atoms with E-state index in [1.165, 1.54) is 4.90 Å². The predicted octanol–water partition coefficient (Wildman–Crippen LogP) is -0.350. The monoisotopic (exact) mass is 287 g/mol. The third kappa shape index (κ3) is 4.37. The van der Waals surface area contributed by atoms with Crippen LogP contribution in [0.4, 0.5) is 4.79 Å². The van der Waals surface area contributed by atoms with Gasteiger partial charge in [0.05, 0.1) is 6.42 Å². The molecule has 1 saturated heterocycles. The van der Waals surface area contributed by atoms with Crippen LogP contribution in [0.1, 0.15) is 20.3 Å². The average Bonchev–Trinajstić information content (AvgIpc) is 2.37. The second kappa shape index (κ2) is 7.09. The van der Waals surface area contributed by atoms with Gasteiger partial charge in [-0.1, -0.05) is 6.92 Å². The summed E-state index contributed by atoms with van der Waals surface area (Å²) in [5, 5.41) is 19.8. The van der Waals surface area contributed by atoms with Crippen LogP contribution in [-0.2, 0) is 9.59 Å². The fourth-order valence-electron chi connectivity index (χ4n) is 2.26. The summed E-state index contributed by atoms with van der Waals surface area (Å²) in [6.45, 7) is 6.66. The summed E-state index contributed by atoms with van der Waals surface area (Å²) >= 11 is 0. The number of carbonyl (C=O) groups is 3. The molecule has 1 fully saturated rings. The van der Waals surface area contributed by atoms with Gasteiger partial charge in [-0.25, -0.2) is 9.59 Å². The summed E-state index contributed by atoms with van der Waals surface area (Å²) in [6.07, 6.45) is -0.633. The van der Waals surface area contributed by atoms with Crippen molar-refractivity contribution in [2.45, 2.75) is 32.4 Å². The molecule has 0 radical (unpaired) electrons. The van der Waals surface area contributed by atoms with E-state index in [0.29, 0.717) is 13.1 Å². The Balaban J connectivity index is 2.57. The van der Waals surface area contributed by atoms with Crippen LogP contribution in [0.5, 0.6) is 0 Å². The zero-order valence-electron chi connectivity index (χ0n) is 11.7. The van der Waals surface area contributed by atoms with E-state index in [0.717, 1.165) is 13.1 Å². The van der Waals surface area contributed by atoms with Gasteiger partial charge in [-0.15, -0.1) is 0 Å². The highest BCUT2D eigenvalue weighted by Gasteiger charge is 2.29. The number of piperazine rings is 1. The first-order valence-electron chi connectivity index (χ1n) is 6.59. The molecule has 0 spiro atoms. The summed E-state index contributed by atoms with van der Waals surface area (Å²) < 4.78 is 0. The Hall–Kier alpha value is -1.83. The van der Waals surface area contributed by atoms with E-state index in [9.17, 15) is 14.4 Å². The fourth-order valence-corrected chi connectivity index (χ4v) is 2.26. The first-order valence-corrected chi connectivity index (χ1v) is 6.59. The average molecular weight is 287 g/mol. The van der Waals surface area contributed by atoms with Crippen molar-refractivity contribution in [3.63, 3.8) is 0 Å². The van der Waals surface area contributed by atoms with Gasteiger partial charge in [0.2, 0.25) is 0 Å². The molecule has 1 aliphatic heterocycles. The van der Waals surface area contributed by atoms with Crippen molar-refractivity contribution in [3.05, 3.63) is 0 Å². The third-order valence-electron chi connectivity index (χ3n) is 3.43. The van der Waals surface area contributed by atoms with Crippen LogP contribution in [0.3, 0.4) is 0 Å². The van der Waals surface area contributed by atoms with E-state index in [4.69, 9.17) is 10.2 Å². The molecule has 3 N–H and O–H groups in total. The van der Waals surface area contributed by atoms with Gasteiger partial charge >= 0.3 is 18.0 Å². The van der Waals surface area contributed by atoms with E-state index in [1.54, 1.807) is 0 Å². The fraction of sp³-hybridized carbons (Fsp3) is 0.750. The molecule has 114 valence electrons. The number of carbonyl (C=O) groups excluding carboxylic acids is 1. The molecule has 2 atom stereocenters. The van der Waals surface area contributed by atoms with Gasteiger partial charge in [0.1, 0.15) is 6.04 Å². The molecule has 0 aromatic carbocycles. The van der Waals surface area contributed by atoms with Gasteiger partial charge in [-0.3, -0.25) is 9.69 Å². The Morgan fingerprint density at radius 1 is 1.30 bits per heavy atom. The smallest absolute Gasteiger partial charge is 0.326 e. The van der Waals surface area contributed by atoms with Crippen LogP contribution in [0.25, 0.3) is 0 Å². The minimum atomic E-state index is -1.40. The molecule has 0 aromatic rings. The highest BCUT2D eigenvalue weighted by molar-refractivity contribution is 5.86. The molecule has 0 bridgehead atoms. The van der Waals surface area contributed by atoms with Crippen molar-refractivity contribution in [1.29, 1.82) is 0 Å². The third-order valence-corrected chi connectivity index (χ3v) is 3.43. The summed E-state index contributed by atoms with van der Waals surface area (Å²) in [5.41, 5.74) is 0. The highest BCUT2D eigenvalue weighted by Crippen LogP contribution is 2.09. The van der Waals surface area contributed by atoms with Crippen molar-refractivity contribution >= 4 is 18.0 Å². The molecule has 0 aliphatic carbocycles. The summed E-state index contributed by atoms with van der Waals surface area (Å²) in [7, 11) is 0. The number of nitrogens with zero attached hydrogens (tertiary/aromatic N) is 2. The zero-order valence-corrected chi connectivity index (χ0v) is 11.7. The molecule has 1 rings (SSSR count). The zero-order chi connectivity index (χ0) is 15.3. The Morgan fingerprint density at radius 3 is 2.40 bits per heavy atom. The van der Waals surface area contributed by atoms with E-state index in [1.807, 2.05) is 13.8 Å². The first-order chi connectivity index (χ1) is 9.35. The molecule has 8 nitrogen and oxygen atoms in total. The summed E-state index contributed by atoms with van der Waals surface area (Å²) in [6, 6.07) is -1.73. The van der Waals surface area contributed by atoms with Crippen molar-refractivity contribution in [2.24, 2.45) is 0 Å². The van der Waals surface area contributed by atoms with Gasteiger partial charge in [0.25, 0.3) is 0 Å². The largest absolute Gasteiger partial charge is 0.481 e. The lowest BCUT2D eigenvalue weighted by Gasteiger charge is -2.39. The molecular formula is C12H21N3O5. The number of carboxylic acids is 2. The SMILES string of the molecule is CCN1CCN(C(=O)N[C@@H](CC(=O)O)C(=O)O)CC1C. The Morgan fingerprint density at radius 2 is 1.95 bits per heavy atom. The van der Waals surface area contributed by atoms with Gasteiger partial charge in [0.15, 0.2) is 0 Å². The van der Waals surface area contributed by atoms with Crippen molar-refractivity contribution in [1.82, 2.24) is 15.1 Å². The number of hydrogen-bond donors (Lipinski definition) is 3.